The monoisotopic (exact) mass is 332 g/mol. The van der Waals surface area contributed by atoms with Crippen LogP contribution in [0.3, 0.4) is 0 Å². The zero-order chi connectivity index (χ0) is 13.4. The van der Waals surface area contributed by atoms with Crippen molar-refractivity contribution in [3.63, 3.8) is 0 Å². The fourth-order valence-electron chi connectivity index (χ4n) is 2.00. The van der Waals surface area contributed by atoms with Crippen LogP contribution in [0.5, 0.6) is 0 Å². The van der Waals surface area contributed by atoms with E-state index in [1.165, 1.54) is 4.57 Å². The predicted octanol–water partition coefficient (Wildman–Crippen LogP) is 4.15. The molecule has 0 saturated heterocycles. The standard InChI is InChI=1S/C14H9BrN2OS/c15-10-6-7-12-11(8-10)16-14(19)17(12)13(18)9-4-2-1-3-5-9/h1-8H,(H,16,19). The van der Waals surface area contributed by atoms with E-state index in [1.807, 2.05) is 36.4 Å². The topological polar surface area (TPSA) is 37.8 Å². The molecule has 94 valence electrons. The highest BCUT2D eigenvalue weighted by Crippen LogP contribution is 2.20. The first-order valence-corrected chi connectivity index (χ1v) is 6.87. The minimum Gasteiger partial charge on any atom is -0.330 e. The maximum atomic E-state index is 12.5. The van der Waals surface area contributed by atoms with Gasteiger partial charge >= 0.3 is 0 Å². The molecule has 5 heteroatoms. The normalized spacial score (nSPS) is 10.8. The molecule has 0 saturated carbocycles. The number of halogens is 1. The van der Waals surface area contributed by atoms with Gasteiger partial charge in [0.25, 0.3) is 5.91 Å². The van der Waals surface area contributed by atoms with Crippen LogP contribution in [-0.4, -0.2) is 15.5 Å². The van der Waals surface area contributed by atoms with Crippen molar-refractivity contribution in [3.8, 4) is 0 Å². The Labute approximate surface area is 123 Å². The van der Waals surface area contributed by atoms with E-state index in [-0.39, 0.29) is 5.91 Å². The van der Waals surface area contributed by atoms with Crippen molar-refractivity contribution in [3.05, 3.63) is 63.3 Å². The Bertz CT molecular complexity index is 820. The second-order valence-electron chi connectivity index (χ2n) is 4.10. The Hall–Kier alpha value is -1.72. The van der Waals surface area contributed by atoms with E-state index in [0.29, 0.717) is 10.3 Å². The molecule has 0 aliphatic heterocycles. The van der Waals surface area contributed by atoms with Gasteiger partial charge in [-0.1, -0.05) is 34.1 Å². The molecule has 19 heavy (non-hydrogen) atoms. The summed E-state index contributed by atoms with van der Waals surface area (Å²) in [5, 5.41) is 0. The second kappa shape index (κ2) is 4.75. The molecule has 3 rings (SSSR count). The minimum atomic E-state index is -0.126. The zero-order valence-electron chi connectivity index (χ0n) is 9.76. The molecule has 0 bridgehead atoms. The summed E-state index contributed by atoms with van der Waals surface area (Å²) in [6, 6.07) is 14.8. The molecule has 0 amide bonds. The van der Waals surface area contributed by atoms with Crippen LogP contribution in [0.2, 0.25) is 0 Å². The summed E-state index contributed by atoms with van der Waals surface area (Å²) in [5.74, 6) is -0.126. The number of nitrogens with one attached hydrogen (secondary N) is 1. The first-order valence-electron chi connectivity index (χ1n) is 5.67. The van der Waals surface area contributed by atoms with Gasteiger partial charge in [-0.05, 0) is 42.5 Å². The Morgan fingerprint density at radius 2 is 1.89 bits per heavy atom. The molecule has 0 unspecified atom stereocenters. The number of rotatable bonds is 1. The zero-order valence-corrected chi connectivity index (χ0v) is 12.2. The highest BCUT2D eigenvalue weighted by atomic mass is 79.9. The number of carbonyl (C=O) groups excluding carboxylic acids is 1. The summed E-state index contributed by atoms with van der Waals surface area (Å²) >= 11 is 8.64. The molecule has 3 aromatic rings. The summed E-state index contributed by atoms with van der Waals surface area (Å²) in [7, 11) is 0. The summed E-state index contributed by atoms with van der Waals surface area (Å²) in [6.07, 6.45) is 0. The van der Waals surface area contributed by atoms with E-state index in [4.69, 9.17) is 12.2 Å². The molecule has 0 atom stereocenters. The highest BCUT2D eigenvalue weighted by molar-refractivity contribution is 9.10. The van der Waals surface area contributed by atoms with Crippen LogP contribution in [-0.2, 0) is 0 Å². The first kappa shape index (κ1) is 12.3. The first-order chi connectivity index (χ1) is 9.16. The van der Waals surface area contributed by atoms with Crippen LogP contribution in [0.1, 0.15) is 10.4 Å². The summed E-state index contributed by atoms with van der Waals surface area (Å²) in [6.45, 7) is 0. The fourth-order valence-corrected chi connectivity index (χ4v) is 2.65. The molecular weight excluding hydrogens is 324 g/mol. The Morgan fingerprint density at radius 3 is 2.63 bits per heavy atom. The molecule has 0 aliphatic rings. The van der Waals surface area contributed by atoms with Crippen LogP contribution in [0.25, 0.3) is 11.0 Å². The van der Waals surface area contributed by atoms with Gasteiger partial charge in [0.15, 0.2) is 4.77 Å². The van der Waals surface area contributed by atoms with Gasteiger partial charge in [0.05, 0.1) is 11.0 Å². The van der Waals surface area contributed by atoms with E-state index in [0.717, 1.165) is 15.5 Å². The fraction of sp³-hybridized carbons (Fsp3) is 0. The third-order valence-corrected chi connectivity index (χ3v) is 3.65. The van der Waals surface area contributed by atoms with Crippen LogP contribution < -0.4 is 0 Å². The van der Waals surface area contributed by atoms with Gasteiger partial charge in [0.1, 0.15) is 0 Å². The predicted molar refractivity (Wildman–Crippen MR) is 81.0 cm³/mol. The van der Waals surface area contributed by atoms with Crippen LogP contribution in [0.15, 0.2) is 53.0 Å². The molecule has 1 aromatic heterocycles. The number of hydrogen-bond donors (Lipinski definition) is 1. The maximum absolute atomic E-state index is 12.5. The van der Waals surface area contributed by atoms with Crippen molar-refractivity contribution < 1.29 is 4.79 Å². The number of aromatic nitrogens is 2. The van der Waals surface area contributed by atoms with Crippen LogP contribution >= 0.6 is 28.1 Å². The lowest BCUT2D eigenvalue weighted by atomic mass is 10.2. The number of aromatic amines is 1. The van der Waals surface area contributed by atoms with Gasteiger partial charge < -0.3 is 4.98 Å². The van der Waals surface area contributed by atoms with Gasteiger partial charge in [0, 0.05) is 10.0 Å². The Morgan fingerprint density at radius 1 is 1.16 bits per heavy atom. The molecule has 1 heterocycles. The molecular formula is C14H9BrN2OS. The number of benzene rings is 2. The third kappa shape index (κ3) is 2.15. The van der Waals surface area contributed by atoms with E-state index < -0.39 is 0 Å². The SMILES string of the molecule is O=C(c1ccccc1)n1c(=S)[nH]c2cc(Br)ccc21. The summed E-state index contributed by atoms with van der Waals surface area (Å²) in [4.78, 5) is 15.5. The van der Waals surface area contributed by atoms with Gasteiger partial charge in [-0.25, -0.2) is 0 Å². The molecule has 3 nitrogen and oxygen atoms in total. The van der Waals surface area contributed by atoms with Crippen LogP contribution in [0.4, 0.5) is 0 Å². The van der Waals surface area contributed by atoms with Gasteiger partial charge in [0.2, 0.25) is 0 Å². The number of H-pyrrole nitrogens is 1. The van der Waals surface area contributed by atoms with Crippen molar-refractivity contribution in [2.45, 2.75) is 0 Å². The minimum absolute atomic E-state index is 0.126. The molecule has 0 radical (unpaired) electrons. The van der Waals surface area contributed by atoms with E-state index in [1.54, 1.807) is 12.1 Å². The number of hydrogen-bond acceptors (Lipinski definition) is 2. The lowest BCUT2D eigenvalue weighted by molar-refractivity contribution is 0.0963. The molecule has 0 aliphatic carbocycles. The van der Waals surface area contributed by atoms with Crippen molar-refractivity contribution in [2.75, 3.05) is 0 Å². The van der Waals surface area contributed by atoms with E-state index >= 15 is 0 Å². The number of imidazole rings is 1. The number of nitrogens with zero attached hydrogens (tertiary/aromatic N) is 1. The number of fused-ring (bicyclic) bond motifs is 1. The average molecular weight is 333 g/mol. The van der Waals surface area contributed by atoms with Gasteiger partial charge in [-0.2, -0.15) is 0 Å². The smallest absolute Gasteiger partial charge is 0.264 e. The van der Waals surface area contributed by atoms with E-state index in [9.17, 15) is 4.79 Å². The Kier molecular flexibility index (Phi) is 3.08. The van der Waals surface area contributed by atoms with Gasteiger partial charge in [-0.15, -0.1) is 0 Å². The lowest BCUT2D eigenvalue weighted by Crippen LogP contribution is -2.11. The van der Waals surface area contributed by atoms with Crippen molar-refractivity contribution in [1.82, 2.24) is 9.55 Å². The van der Waals surface area contributed by atoms with Crippen molar-refractivity contribution in [2.24, 2.45) is 0 Å². The molecule has 0 fully saturated rings. The van der Waals surface area contributed by atoms with Gasteiger partial charge in [-0.3, -0.25) is 9.36 Å². The maximum Gasteiger partial charge on any atom is 0.264 e. The van der Waals surface area contributed by atoms with Crippen molar-refractivity contribution in [1.29, 1.82) is 0 Å². The third-order valence-electron chi connectivity index (χ3n) is 2.87. The molecule has 0 spiro atoms. The second-order valence-corrected chi connectivity index (χ2v) is 5.40. The Balaban J connectivity index is 2.23. The lowest BCUT2D eigenvalue weighted by Gasteiger charge is -2.03. The highest BCUT2D eigenvalue weighted by Gasteiger charge is 2.13. The van der Waals surface area contributed by atoms with E-state index in [2.05, 4.69) is 20.9 Å². The molecule has 2 aromatic carbocycles. The summed E-state index contributed by atoms with van der Waals surface area (Å²) in [5.41, 5.74) is 2.23. The molecule has 1 N–H and O–H groups in total. The van der Waals surface area contributed by atoms with Crippen LogP contribution in [0, 0.1) is 4.77 Å². The number of carbonyl (C=O) groups is 1. The average Bonchev–Trinajstić information content (AvgIpc) is 2.74. The largest absolute Gasteiger partial charge is 0.330 e. The quantitative estimate of drug-likeness (QED) is 0.680. The van der Waals surface area contributed by atoms with Crippen molar-refractivity contribution >= 4 is 45.1 Å². The summed E-state index contributed by atoms with van der Waals surface area (Å²) < 4.78 is 2.87.